The van der Waals surface area contributed by atoms with Gasteiger partial charge in [0.15, 0.2) is 0 Å². The number of benzene rings is 1. The van der Waals surface area contributed by atoms with Crippen molar-refractivity contribution >= 4 is 17.7 Å². The minimum atomic E-state index is -0.128. The van der Waals surface area contributed by atoms with E-state index in [-0.39, 0.29) is 18.0 Å². The van der Waals surface area contributed by atoms with Crippen molar-refractivity contribution in [2.75, 3.05) is 18.8 Å². The fourth-order valence-corrected chi connectivity index (χ4v) is 3.81. The number of aromatic nitrogens is 1. The summed E-state index contributed by atoms with van der Waals surface area (Å²) in [7, 11) is 0. The van der Waals surface area contributed by atoms with Gasteiger partial charge in [-0.1, -0.05) is 24.3 Å². The highest BCUT2D eigenvalue weighted by Gasteiger charge is 2.26. The number of thioether (sulfide) groups is 1. The fraction of sp³-hybridized carbons (Fsp3) is 0.333. The molecule has 1 saturated heterocycles. The highest BCUT2D eigenvalue weighted by molar-refractivity contribution is 7.99. The highest BCUT2D eigenvalue weighted by atomic mass is 32.2. The minimum absolute atomic E-state index is 0.0329. The van der Waals surface area contributed by atoms with Crippen molar-refractivity contribution in [3.8, 4) is 0 Å². The summed E-state index contributed by atoms with van der Waals surface area (Å²) in [5, 5.41) is 0. The first-order chi connectivity index (χ1) is 11.2. The Balaban J connectivity index is 1.50. The third-order valence-corrected chi connectivity index (χ3v) is 5.32. The second-order valence-corrected chi connectivity index (χ2v) is 6.88. The number of rotatable bonds is 5. The van der Waals surface area contributed by atoms with E-state index in [4.69, 9.17) is 0 Å². The minimum Gasteiger partial charge on any atom is -0.341 e. The topological polar surface area (TPSA) is 42.3 Å². The number of likely N-dealkylation sites (tertiary alicyclic amines) is 1. The van der Waals surface area contributed by atoms with Gasteiger partial charge < -0.3 is 9.47 Å². The number of amides is 1. The molecule has 1 aliphatic heterocycles. The number of hydrogen-bond donors (Lipinski definition) is 0. The average molecular weight is 328 g/mol. The molecule has 2 heterocycles. The molecule has 2 aromatic rings. The van der Waals surface area contributed by atoms with Gasteiger partial charge in [-0.3, -0.25) is 9.59 Å². The summed E-state index contributed by atoms with van der Waals surface area (Å²) in [6.07, 6.45) is 2.70. The maximum absolute atomic E-state index is 12.3. The quantitative estimate of drug-likeness (QED) is 0.792. The van der Waals surface area contributed by atoms with Gasteiger partial charge in [0.25, 0.3) is 5.56 Å². The third-order valence-electron chi connectivity index (χ3n) is 4.07. The maximum Gasteiger partial charge on any atom is 0.250 e. The van der Waals surface area contributed by atoms with E-state index in [1.54, 1.807) is 18.3 Å². The Hall–Kier alpha value is -2.01. The third kappa shape index (κ3) is 4.26. The maximum atomic E-state index is 12.3. The molecule has 1 atom stereocenters. The van der Waals surface area contributed by atoms with E-state index in [0.29, 0.717) is 5.92 Å². The molecule has 0 spiro atoms. The van der Waals surface area contributed by atoms with Crippen LogP contribution in [-0.2, 0) is 11.3 Å². The van der Waals surface area contributed by atoms with Crippen LogP contribution in [0.15, 0.2) is 64.4 Å². The lowest BCUT2D eigenvalue weighted by molar-refractivity contribution is -0.130. The predicted octanol–water partition coefficient (Wildman–Crippen LogP) is 2.49. The normalized spacial score (nSPS) is 17.4. The zero-order valence-electron chi connectivity index (χ0n) is 12.9. The van der Waals surface area contributed by atoms with Crippen LogP contribution in [0, 0.1) is 5.92 Å². The zero-order chi connectivity index (χ0) is 16.1. The molecule has 5 heteroatoms. The predicted molar refractivity (Wildman–Crippen MR) is 92.6 cm³/mol. The van der Waals surface area contributed by atoms with Crippen molar-refractivity contribution in [2.24, 2.45) is 5.92 Å². The van der Waals surface area contributed by atoms with Gasteiger partial charge in [0, 0.05) is 36.0 Å². The van der Waals surface area contributed by atoms with Crippen LogP contribution >= 0.6 is 11.8 Å². The summed E-state index contributed by atoms with van der Waals surface area (Å²) in [6, 6.07) is 15.3. The Morgan fingerprint density at radius 1 is 1.13 bits per heavy atom. The Bertz CT molecular complexity index is 714. The molecule has 0 saturated carbocycles. The van der Waals surface area contributed by atoms with Crippen LogP contribution in [0.25, 0.3) is 0 Å². The molecular weight excluding hydrogens is 308 g/mol. The SMILES string of the molecule is O=C(Cn1ccccc1=O)N1CC[C@@H](CSc2ccccc2)C1. The zero-order valence-corrected chi connectivity index (χ0v) is 13.7. The molecule has 4 nitrogen and oxygen atoms in total. The molecule has 0 unspecified atom stereocenters. The van der Waals surface area contributed by atoms with Gasteiger partial charge in [-0.2, -0.15) is 0 Å². The van der Waals surface area contributed by atoms with Crippen molar-refractivity contribution < 1.29 is 4.79 Å². The second kappa shape index (κ2) is 7.51. The van der Waals surface area contributed by atoms with Crippen LogP contribution < -0.4 is 5.56 Å². The summed E-state index contributed by atoms with van der Waals surface area (Å²) in [6.45, 7) is 1.72. The number of nitrogens with zero attached hydrogens (tertiary/aromatic N) is 2. The smallest absolute Gasteiger partial charge is 0.250 e. The number of carbonyl (C=O) groups excluding carboxylic acids is 1. The molecule has 1 aromatic carbocycles. The lowest BCUT2D eigenvalue weighted by Crippen LogP contribution is -2.34. The van der Waals surface area contributed by atoms with E-state index >= 15 is 0 Å². The molecule has 1 aromatic heterocycles. The number of pyridine rings is 1. The summed E-state index contributed by atoms with van der Waals surface area (Å²) < 4.78 is 1.47. The molecule has 0 radical (unpaired) electrons. The standard InChI is InChI=1S/C18H20N2O2S/c21-17-8-4-5-10-19(17)13-18(22)20-11-9-15(12-20)14-23-16-6-2-1-3-7-16/h1-8,10,15H,9,11-14H2/t15-/m1/s1. The largest absolute Gasteiger partial charge is 0.341 e. The van der Waals surface area contributed by atoms with Gasteiger partial charge in [-0.25, -0.2) is 0 Å². The molecule has 1 amide bonds. The van der Waals surface area contributed by atoms with E-state index in [9.17, 15) is 9.59 Å². The van der Waals surface area contributed by atoms with E-state index in [2.05, 4.69) is 12.1 Å². The van der Waals surface area contributed by atoms with Gasteiger partial charge in [0.05, 0.1) is 0 Å². The highest BCUT2D eigenvalue weighted by Crippen LogP contribution is 2.25. The van der Waals surface area contributed by atoms with E-state index in [1.165, 1.54) is 15.5 Å². The lowest BCUT2D eigenvalue weighted by atomic mass is 10.2. The van der Waals surface area contributed by atoms with Crippen LogP contribution in [-0.4, -0.2) is 34.2 Å². The van der Waals surface area contributed by atoms with Crippen LogP contribution in [0.1, 0.15) is 6.42 Å². The second-order valence-electron chi connectivity index (χ2n) is 5.79. The van der Waals surface area contributed by atoms with Gasteiger partial charge in [-0.05, 0) is 30.5 Å². The van der Waals surface area contributed by atoms with Crippen molar-refractivity contribution in [3.63, 3.8) is 0 Å². The van der Waals surface area contributed by atoms with Crippen molar-refractivity contribution in [2.45, 2.75) is 17.9 Å². The number of hydrogen-bond acceptors (Lipinski definition) is 3. The molecular formula is C18H20N2O2S. The molecule has 120 valence electrons. The Kier molecular flexibility index (Phi) is 5.18. The number of carbonyl (C=O) groups is 1. The van der Waals surface area contributed by atoms with Crippen molar-refractivity contribution in [1.29, 1.82) is 0 Å². The summed E-state index contributed by atoms with van der Waals surface area (Å²) in [5.74, 6) is 1.58. The van der Waals surface area contributed by atoms with Gasteiger partial charge in [0.1, 0.15) is 6.54 Å². The molecule has 0 aliphatic carbocycles. The fourth-order valence-electron chi connectivity index (χ4n) is 2.76. The molecule has 1 aliphatic rings. The molecule has 0 N–H and O–H groups in total. The van der Waals surface area contributed by atoms with Crippen LogP contribution in [0.2, 0.25) is 0 Å². The van der Waals surface area contributed by atoms with E-state index in [1.807, 2.05) is 34.9 Å². The van der Waals surface area contributed by atoms with Crippen LogP contribution in [0.3, 0.4) is 0 Å². The first-order valence-electron chi connectivity index (χ1n) is 7.83. The molecule has 0 bridgehead atoms. The molecule has 3 rings (SSSR count). The Labute approximate surface area is 140 Å². The van der Waals surface area contributed by atoms with Crippen molar-refractivity contribution in [3.05, 3.63) is 65.1 Å². The van der Waals surface area contributed by atoms with E-state index in [0.717, 1.165) is 25.3 Å². The van der Waals surface area contributed by atoms with Crippen molar-refractivity contribution in [1.82, 2.24) is 9.47 Å². The van der Waals surface area contributed by atoms with Crippen LogP contribution in [0.5, 0.6) is 0 Å². The Morgan fingerprint density at radius 3 is 2.70 bits per heavy atom. The van der Waals surface area contributed by atoms with Gasteiger partial charge in [-0.15, -0.1) is 11.8 Å². The molecule has 23 heavy (non-hydrogen) atoms. The average Bonchev–Trinajstić information content (AvgIpc) is 3.05. The first-order valence-corrected chi connectivity index (χ1v) is 8.82. The Morgan fingerprint density at radius 2 is 1.91 bits per heavy atom. The lowest BCUT2D eigenvalue weighted by Gasteiger charge is -2.17. The molecule has 1 fully saturated rings. The van der Waals surface area contributed by atoms with Gasteiger partial charge in [0.2, 0.25) is 5.91 Å². The monoisotopic (exact) mass is 328 g/mol. The van der Waals surface area contributed by atoms with Crippen LogP contribution in [0.4, 0.5) is 0 Å². The van der Waals surface area contributed by atoms with Gasteiger partial charge >= 0.3 is 0 Å². The summed E-state index contributed by atoms with van der Waals surface area (Å²) in [5.41, 5.74) is -0.128. The first kappa shape index (κ1) is 15.9. The van der Waals surface area contributed by atoms with E-state index < -0.39 is 0 Å². The summed E-state index contributed by atoms with van der Waals surface area (Å²) >= 11 is 1.84. The summed E-state index contributed by atoms with van der Waals surface area (Å²) in [4.78, 5) is 27.2.